The number of anilines is 1. The fourth-order valence-corrected chi connectivity index (χ4v) is 1.59. The summed E-state index contributed by atoms with van der Waals surface area (Å²) in [7, 11) is 5.00. The van der Waals surface area contributed by atoms with Crippen LogP contribution in [0.4, 0.5) is 10.3 Å². The summed E-state index contributed by atoms with van der Waals surface area (Å²) in [4.78, 5) is 0. The molecule has 0 aliphatic carbocycles. The zero-order valence-electron chi connectivity index (χ0n) is 9.86. The number of rotatable bonds is 3. The van der Waals surface area contributed by atoms with Crippen LogP contribution in [-0.2, 0) is 7.05 Å². The molecule has 5 nitrogen and oxygen atoms in total. The average molecular weight is 236 g/mol. The van der Waals surface area contributed by atoms with Crippen molar-refractivity contribution in [2.24, 2.45) is 7.05 Å². The van der Waals surface area contributed by atoms with Gasteiger partial charge in [-0.1, -0.05) is 0 Å². The van der Waals surface area contributed by atoms with E-state index in [1.165, 1.54) is 13.2 Å². The van der Waals surface area contributed by atoms with Gasteiger partial charge in [0.1, 0.15) is 11.6 Å². The van der Waals surface area contributed by atoms with Gasteiger partial charge in [-0.3, -0.25) is 4.57 Å². The van der Waals surface area contributed by atoms with Crippen molar-refractivity contribution in [3.8, 4) is 17.1 Å². The molecule has 0 saturated carbocycles. The van der Waals surface area contributed by atoms with Gasteiger partial charge in [0.15, 0.2) is 5.82 Å². The second kappa shape index (κ2) is 4.40. The van der Waals surface area contributed by atoms with Crippen LogP contribution in [0.15, 0.2) is 18.2 Å². The zero-order valence-corrected chi connectivity index (χ0v) is 9.86. The van der Waals surface area contributed by atoms with Crippen molar-refractivity contribution in [1.29, 1.82) is 0 Å². The number of halogens is 1. The SMILES string of the molecule is CNc1nnc(-c2ccc(OC)cc2F)n1C. The van der Waals surface area contributed by atoms with E-state index in [-0.39, 0.29) is 5.82 Å². The molecule has 2 aromatic rings. The second-order valence-corrected chi connectivity index (χ2v) is 3.50. The quantitative estimate of drug-likeness (QED) is 0.880. The van der Waals surface area contributed by atoms with Gasteiger partial charge in [0, 0.05) is 20.2 Å². The first kappa shape index (κ1) is 11.4. The first-order chi connectivity index (χ1) is 8.17. The van der Waals surface area contributed by atoms with Crippen LogP contribution >= 0.6 is 0 Å². The van der Waals surface area contributed by atoms with Crippen LogP contribution in [0.25, 0.3) is 11.4 Å². The topological polar surface area (TPSA) is 52.0 Å². The Morgan fingerprint density at radius 1 is 1.35 bits per heavy atom. The van der Waals surface area contributed by atoms with E-state index in [4.69, 9.17) is 4.74 Å². The summed E-state index contributed by atoms with van der Waals surface area (Å²) in [5.74, 6) is 1.13. The van der Waals surface area contributed by atoms with Crippen LogP contribution in [0.3, 0.4) is 0 Å². The predicted molar refractivity (Wildman–Crippen MR) is 62.5 cm³/mol. The van der Waals surface area contributed by atoms with Crippen LogP contribution in [0.1, 0.15) is 0 Å². The van der Waals surface area contributed by atoms with Crippen molar-refractivity contribution in [3.05, 3.63) is 24.0 Å². The van der Waals surface area contributed by atoms with Gasteiger partial charge in [0.2, 0.25) is 5.95 Å². The lowest BCUT2D eigenvalue weighted by molar-refractivity contribution is 0.411. The fourth-order valence-electron chi connectivity index (χ4n) is 1.59. The highest BCUT2D eigenvalue weighted by atomic mass is 19.1. The molecule has 90 valence electrons. The first-order valence-electron chi connectivity index (χ1n) is 5.08. The minimum atomic E-state index is -0.387. The van der Waals surface area contributed by atoms with E-state index in [0.717, 1.165) is 0 Å². The molecular weight excluding hydrogens is 223 g/mol. The molecule has 17 heavy (non-hydrogen) atoms. The largest absolute Gasteiger partial charge is 0.497 e. The van der Waals surface area contributed by atoms with Crippen molar-refractivity contribution in [3.63, 3.8) is 0 Å². The average Bonchev–Trinajstić information content (AvgIpc) is 2.70. The lowest BCUT2D eigenvalue weighted by atomic mass is 10.2. The molecular formula is C11H13FN4O. The maximum Gasteiger partial charge on any atom is 0.224 e. The molecule has 0 saturated heterocycles. The monoisotopic (exact) mass is 236 g/mol. The summed E-state index contributed by atoms with van der Waals surface area (Å²) in [6.45, 7) is 0. The van der Waals surface area contributed by atoms with Gasteiger partial charge in [0.25, 0.3) is 0 Å². The van der Waals surface area contributed by atoms with Gasteiger partial charge in [-0.2, -0.15) is 0 Å². The Balaban J connectivity index is 2.49. The Hall–Kier alpha value is -2.11. The molecule has 1 N–H and O–H groups in total. The van der Waals surface area contributed by atoms with Crippen LogP contribution < -0.4 is 10.1 Å². The van der Waals surface area contributed by atoms with Crippen molar-refractivity contribution >= 4 is 5.95 Å². The number of hydrogen-bond donors (Lipinski definition) is 1. The summed E-state index contributed by atoms with van der Waals surface area (Å²) in [5, 5.41) is 10.7. The molecule has 0 atom stereocenters. The Labute approximate surface area is 98.2 Å². The molecule has 2 rings (SSSR count). The number of benzene rings is 1. The van der Waals surface area contributed by atoms with Crippen molar-refractivity contribution in [2.45, 2.75) is 0 Å². The summed E-state index contributed by atoms with van der Waals surface area (Å²) < 4.78 is 20.5. The van der Waals surface area contributed by atoms with Gasteiger partial charge >= 0.3 is 0 Å². The highest BCUT2D eigenvalue weighted by Crippen LogP contribution is 2.25. The fraction of sp³-hybridized carbons (Fsp3) is 0.273. The van der Waals surface area contributed by atoms with Gasteiger partial charge in [-0.05, 0) is 12.1 Å². The zero-order chi connectivity index (χ0) is 12.4. The minimum absolute atomic E-state index is 0.387. The van der Waals surface area contributed by atoms with Gasteiger partial charge in [-0.25, -0.2) is 4.39 Å². The van der Waals surface area contributed by atoms with E-state index in [1.54, 1.807) is 30.8 Å². The van der Waals surface area contributed by atoms with E-state index in [1.807, 2.05) is 0 Å². The number of hydrogen-bond acceptors (Lipinski definition) is 4. The number of methoxy groups -OCH3 is 1. The summed E-state index contributed by atoms with van der Waals surface area (Å²) in [5.41, 5.74) is 0.391. The van der Waals surface area contributed by atoms with Crippen LogP contribution in [-0.4, -0.2) is 28.9 Å². The molecule has 1 aromatic heterocycles. The highest BCUT2D eigenvalue weighted by Gasteiger charge is 2.14. The molecule has 1 aromatic carbocycles. The smallest absolute Gasteiger partial charge is 0.224 e. The Morgan fingerprint density at radius 2 is 2.12 bits per heavy atom. The third-order valence-corrected chi connectivity index (χ3v) is 2.52. The van der Waals surface area contributed by atoms with Crippen LogP contribution in [0.5, 0.6) is 5.75 Å². The van der Waals surface area contributed by atoms with E-state index < -0.39 is 0 Å². The minimum Gasteiger partial charge on any atom is -0.497 e. The summed E-state index contributed by atoms with van der Waals surface area (Å²) >= 11 is 0. The van der Waals surface area contributed by atoms with Crippen molar-refractivity contribution < 1.29 is 9.13 Å². The van der Waals surface area contributed by atoms with Crippen molar-refractivity contribution in [1.82, 2.24) is 14.8 Å². The Bertz CT molecular complexity index is 538. The van der Waals surface area contributed by atoms with E-state index >= 15 is 0 Å². The molecule has 0 amide bonds. The molecule has 0 aliphatic heterocycles. The van der Waals surface area contributed by atoms with Crippen LogP contribution in [0.2, 0.25) is 0 Å². The second-order valence-electron chi connectivity index (χ2n) is 3.50. The van der Waals surface area contributed by atoms with Gasteiger partial charge in [-0.15, -0.1) is 10.2 Å². The molecule has 0 bridgehead atoms. The molecule has 0 spiro atoms. The lowest BCUT2D eigenvalue weighted by Crippen LogP contribution is -2.00. The Kier molecular flexibility index (Phi) is 2.95. The number of nitrogens with one attached hydrogen (secondary N) is 1. The van der Waals surface area contributed by atoms with E-state index in [2.05, 4.69) is 15.5 Å². The van der Waals surface area contributed by atoms with Crippen LogP contribution in [0, 0.1) is 5.82 Å². The van der Waals surface area contributed by atoms with E-state index in [9.17, 15) is 4.39 Å². The lowest BCUT2D eigenvalue weighted by Gasteiger charge is -2.06. The number of aromatic nitrogens is 3. The third kappa shape index (κ3) is 1.93. The van der Waals surface area contributed by atoms with Gasteiger partial charge < -0.3 is 10.1 Å². The van der Waals surface area contributed by atoms with Crippen molar-refractivity contribution in [2.75, 3.05) is 19.5 Å². The third-order valence-electron chi connectivity index (χ3n) is 2.52. The standard InChI is InChI=1S/C11H13FN4O/c1-13-11-15-14-10(16(11)2)8-5-4-7(17-3)6-9(8)12/h4-6H,1-3H3,(H,13,15). The normalized spacial score (nSPS) is 10.4. The van der Waals surface area contributed by atoms with E-state index in [0.29, 0.717) is 23.1 Å². The maximum atomic E-state index is 13.8. The molecule has 1 heterocycles. The summed E-state index contributed by atoms with van der Waals surface area (Å²) in [6, 6.07) is 4.63. The predicted octanol–water partition coefficient (Wildman–Crippen LogP) is 1.67. The number of ether oxygens (including phenoxy) is 1. The molecule has 0 aliphatic rings. The number of nitrogens with zero attached hydrogens (tertiary/aromatic N) is 3. The first-order valence-corrected chi connectivity index (χ1v) is 5.08. The molecule has 0 unspecified atom stereocenters. The summed E-state index contributed by atoms with van der Waals surface area (Å²) in [6.07, 6.45) is 0. The Morgan fingerprint density at radius 3 is 2.65 bits per heavy atom. The molecule has 0 fully saturated rings. The molecule has 6 heteroatoms. The molecule has 0 radical (unpaired) electrons. The highest BCUT2D eigenvalue weighted by molar-refractivity contribution is 5.59. The maximum absolute atomic E-state index is 13.8. The van der Waals surface area contributed by atoms with Gasteiger partial charge in [0.05, 0.1) is 12.7 Å².